The lowest BCUT2D eigenvalue weighted by Gasteiger charge is -2.20. The SMILES string of the molecule is CC(=O)C[NH+](CCC(C)C)CCC(C)C. The molecule has 1 N–H and O–H groups in total. The normalized spacial score (nSPS) is 11.7. The summed E-state index contributed by atoms with van der Waals surface area (Å²) < 4.78 is 0. The number of Topliss-reactive ketones (excluding diaryl/α,β-unsaturated/α-hetero) is 1. The van der Waals surface area contributed by atoms with Crippen LogP contribution >= 0.6 is 0 Å². The van der Waals surface area contributed by atoms with E-state index in [1.807, 2.05) is 0 Å². The fourth-order valence-electron chi connectivity index (χ4n) is 1.64. The average molecular weight is 214 g/mol. The summed E-state index contributed by atoms with van der Waals surface area (Å²) in [5.41, 5.74) is 0. The largest absolute Gasteiger partial charge is 0.329 e. The molecular weight excluding hydrogens is 186 g/mol. The second-order valence-corrected chi connectivity index (χ2v) is 5.49. The summed E-state index contributed by atoms with van der Waals surface area (Å²) in [6.07, 6.45) is 2.45. The van der Waals surface area contributed by atoms with Gasteiger partial charge in [-0.2, -0.15) is 0 Å². The molecule has 0 rings (SSSR count). The van der Waals surface area contributed by atoms with Gasteiger partial charge in [-0.25, -0.2) is 0 Å². The Morgan fingerprint density at radius 1 is 1.00 bits per heavy atom. The van der Waals surface area contributed by atoms with E-state index in [0.29, 0.717) is 12.3 Å². The topological polar surface area (TPSA) is 21.5 Å². The maximum absolute atomic E-state index is 11.1. The van der Waals surface area contributed by atoms with Crippen LogP contribution in [0.1, 0.15) is 47.5 Å². The molecule has 0 unspecified atom stereocenters. The Labute approximate surface area is 95.0 Å². The first-order valence-electron chi connectivity index (χ1n) is 6.24. The van der Waals surface area contributed by atoms with Gasteiger partial charge in [-0.3, -0.25) is 4.79 Å². The fraction of sp³-hybridized carbons (Fsp3) is 0.923. The predicted octanol–water partition coefficient (Wildman–Crippen LogP) is 1.55. The van der Waals surface area contributed by atoms with Crippen molar-refractivity contribution in [1.82, 2.24) is 0 Å². The van der Waals surface area contributed by atoms with Gasteiger partial charge in [0.15, 0.2) is 5.78 Å². The lowest BCUT2D eigenvalue weighted by Crippen LogP contribution is -3.13. The van der Waals surface area contributed by atoms with Crippen LogP contribution in [0.5, 0.6) is 0 Å². The van der Waals surface area contributed by atoms with E-state index in [4.69, 9.17) is 0 Å². The van der Waals surface area contributed by atoms with Crippen LogP contribution < -0.4 is 4.90 Å². The summed E-state index contributed by atoms with van der Waals surface area (Å²) in [7, 11) is 0. The third-order valence-corrected chi connectivity index (χ3v) is 2.65. The molecule has 0 saturated carbocycles. The molecule has 15 heavy (non-hydrogen) atoms. The van der Waals surface area contributed by atoms with Crippen LogP contribution in [0.2, 0.25) is 0 Å². The Morgan fingerprint density at radius 3 is 1.67 bits per heavy atom. The zero-order chi connectivity index (χ0) is 11.8. The van der Waals surface area contributed by atoms with Gasteiger partial charge >= 0.3 is 0 Å². The molecule has 0 aliphatic carbocycles. The Morgan fingerprint density at radius 2 is 1.40 bits per heavy atom. The van der Waals surface area contributed by atoms with E-state index >= 15 is 0 Å². The molecule has 90 valence electrons. The van der Waals surface area contributed by atoms with Crippen LogP contribution in [-0.4, -0.2) is 25.4 Å². The molecule has 0 atom stereocenters. The number of ketones is 1. The number of quaternary nitrogens is 1. The number of nitrogens with one attached hydrogen (secondary N) is 1. The van der Waals surface area contributed by atoms with Gasteiger partial charge in [-0.05, 0) is 24.7 Å². The minimum Gasteiger partial charge on any atom is -0.329 e. The molecule has 0 amide bonds. The highest BCUT2D eigenvalue weighted by molar-refractivity contribution is 5.76. The second kappa shape index (κ2) is 7.86. The lowest BCUT2D eigenvalue weighted by molar-refractivity contribution is -0.893. The summed E-state index contributed by atoms with van der Waals surface area (Å²) in [4.78, 5) is 12.6. The van der Waals surface area contributed by atoms with Gasteiger partial charge in [0.2, 0.25) is 0 Å². The van der Waals surface area contributed by atoms with Crippen LogP contribution in [0.4, 0.5) is 0 Å². The quantitative estimate of drug-likeness (QED) is 0.650. The first-order chi connectivity index (χ1) is 6.91. The van der Waals surface area contributed by atoms with Gasteiger partial charge in [0.25, 0.3) is 0 Å². The molecule has 0 aliphatic heterocycles. The Balaban J connectivity index is 3.89. The van der Waals surface area contributed by atoms with Crippen LogP contribution in [0.3, 0.4) is 0 Å². The van der Waals surface area contributed by atoms with Gasteiger partial charge in [0.05, 0.1) is 13.1 Å². The summed E-state index contributed by atoms with van der Waals surface area (Å²) in [5, 5.41) is 0. The van der Waals surface area contributed by atoms with Crippen molar-refractivity contribution >= 4 is 5.78 Å². The minimum absolute atomic E-state index is 0.317. The van der Waals surface area contributed by atoms with Crippen molar-refractivity contribution in [3.05, 3.63) is 0 Å². The molecule has 0 radical (unpaired) electrons. The van der Waals surface area contributed by atoms with Gasteiger partial charge in [0.1, 0.15) is 6.54 Å². The molecule has 0 aromatic rings. The highest BCUT2D eigenvalue weighted by Crippen LogP contribution is 1.97. The first kappa shape index (κ1) is 14.6. The Hall–Kier alpha value is -0.370. The zero-order valence-electron chi connectivity index (χ0n) is 11.1. The van der Waals surface area contributed by atoms with E-state index in [1.54, 1.807) is 6.92 Å². The smallest absolute Gasteiger partial charge is 0.183 e. The molecule has 0 fully saturated rings. The van der Waals surface area contributed by atoms with Crippen molar-refractivity contribution in [2.24, 2.45) is 11.8 Å². The van der Waals surface area contributed by atoms with Crippen LogP contribution in [0.15, 0.2) is 0 Å². The summed E-state index contributed by atoms with van der Waals surface area (Å²) in [5.74, 6) is 1.80. The van der Waals surface area contributed by atoms with Crippen molar-refractivity contribution < 1.29 is 9.69 Å². The molecule has 0 saturated heterocycles. The van der Waals surface area contributed by atoms with E-state index in [-0.39, 0.29) is 0 Å². The number of hydrogen-bond acceptors (Lipinski definition) is 1. The average Bonchev–Trinajstić information content (AvgIpc) is 2.08. The third kappa shape index (κ3) is 9.92. The van der Waals surface area contributed by atoms with Gasteiger partial charge < -0.3 is 4.90 Å². The molecule has 0 aromatic carbocycles. The molecular formula is C13H28NO+. The molecule has 0 aliphatic rings. The van der Waals surface area contributed by atoms with E-state index in [2.05, 4.69) is 27.7 Å². The van der Waals surface area contributed by atoms with Crippen LogP contribution in [0, 0.1) is 11.8 Å². The number of rotatable bonds is 8. The standard InChI is InChI=1S/C13H27NO/c1-11(2)6-8-14(10-13(5)15)9-7-12(3)4/h11-12H,6-10H2,1-5H3/p+1. The van der Waals surface area contributed by atoms with Crippen LogP contribution in [0.25, 0.3) is 0 Å². The van der Waals surface area contributed by atoms with Gasteiger partial charge in [0, 0.05) is 6.92 Å². The highest BCUT2D eigenvalue weighted by Gasteiger charge is 2.12. The molecule has 0 spiro atoms. The van der Waals surface area contributed by atoms with Crippen molar-refractivity contribution in [2.75, 3.05) is 19.6 Å². The predicted molar refractivity (Wildman–Crippen MR) is 65.2 cm³/mol. The van der Waals surface area contributed by atoms with Crippen molar-refractivity contribution in [1.29, 1.82) is 0 Å². The van der Waals surface area contributed by atoms with Crippen molar-refractivity contribution in [2.45, 2.75) is 47.5 Å². The highest BCUT2D eigenvalue weighted by atomic mass is 16.1. The summed E-state index contributed by atoms with van der Waals surface area (Å²) >= 11 is 0. The van der Waals surface area contributed by atoms with Gasteiger partial charge in [-0.15, -0.1) is 0 Å². The third-order valence-electron chi connectivity index (χ3n) is 2.65. The number of hydrogen-bond donors (Lipinski definition) is 1. The molecule has 2 nitrogen and oxygen atoms in total. The minimum atomic E-state index is 0.317. The monoisotopic (exact) mass is 214 g/mol. The van der Waals surface area contributed by atoms with Crippen molar-refractivity contribution in [3.8, 4) is 0 Å². The fourth-order valence-corrected chi connectivity index (χ4v) is 1.64. The summed E-state index contributed by atoms with van der Waals surface area (Å²) in [6, 6.07) is 0. The van der Waals surface area contributed by atoms with Crippen LogP contribution in [-0.2, 0) is 4.79 Å². The second-order valence-electron chi connectivity index (χ2n) is 5.49. The zero-order valence-corrected chi connectivity index (χ0v) is 11.1. The first-order valence-corrected chi connectivity index (χ1v) is 6.24. The maximum Gasteiger partial charge on any atom is 0.183 e. The lowest BCUT2D eigenvalue weighted by atomic mass is 10.1. The van der Waals surface area contributed by atoms with Gasteiger partial charge in [-0.1, -0.05) is 27.7 Å². The Bertz CT molecular complexity index is 163. The molecule has 0 bridgehead atoms. The van der Waals surface area contributed by atoms with E-state index in [1.165, 1.54) is 17.7 Å². The van der Waals surface area contributed by atoms with E-state index in [9.17, 15) is 4.79 Å². The van der Waals surface area contributed by atoms with E-state index < -0.39 is 0 Å². The van der Waals surface area contributed by atoms with Crippen molar-refractivity contribution in [3.63, 3.8) is 0 Å². The molecule has 0 heterocycles. The Kier molecular flexibility index (Phi) is 7.67. The summed E-state index contributed by atoms with van der Waals surface area (Å²) in [6.45, 7) is 13.7. The van der Waals surface area contributed by atoms with E-state index in [0.717, 1.165) is 24.9 Å². The maximum atomic E-state index is 11.1. The number of carbonyl (C=O) groups excluding carboxylic acids is 1. The number of carbonyl (C=O) groups is 1. The molecule has 0 aromatic heterocycles. The molecule has 2 heteroatoms.